The van der Waals surface area contributed by atoms with Crippen molar-refractivity contribution in [1.29, 1.82) is 0 Å². The van der Waals surface area contributed by atoms with Crippen LogP contribution in [0.15, 0.2) is 78.0 Å². The molecule has 34 heavy (non-hydrogen) atoms. The first-order valence-corrected chi connectivity index (χ1v) is 12.3. The fraction of sp³-hybridized carbons (Fsp3) is 0.240. The summed E-state index contributed by atoms with van der Waals surface area (Å²) in [5.41, 5.74) is 3.32. The molecular weight excluding hydrogens is 491 g/mol. The molecule has 180 valence electrons. The first-order valence-electron chi connectivity index (χ1n) is 10.8. The van der Waals surface area contributed by atoms with Gasteiger partial charge in [0.25, 0.3) is 0 Å². The monoisotopic (exact) mass is 518 g/mol. The number of H-pyrrole nitrogens is 1. The zero-order valence-corrected chi connectivity index (χ0v) is 21.2. The van der Waals surface area contributed by atoms with E-state index in [4.69, 9.17) is 0 Å². The van der Waals surface area contributed by atoms with Gasteiger partial charge in [-0.3, -0.25) is 0 Å². The third-order valence-corrected chi connectivity index (χ3v) is 8.03. The largest absolute Gasteiger partial charge is 0.348 e. The Kier molecular flexibility index (Phi) is 8.38. The minimum atomic E-state index is -3.66. The third-order valence-electron chi connectivity index (χ3n) is 6.13. The quantitative estimate of drug-likeness (QED) is 0.383. The second-order valence-electron chi connectivity index (χ2n) is 8.28. The highest BCUT2D eigenvalue weighted by Gasteiger charge is 2.31. The van der Waals surface area contributed by atoms with Gasteiger partial charge in [0.1, 0.15) is 5.82 Å². The number of halogens is 2. The van der Waals surface area contributed by atoms with Crippen molar-refractivity contribution in [3.63, 3.8) is 0 Å². The number of benzene rings is 3. The molecule has 0 bridgehead atoms. The van der Waals surface area contributed by atoms with Crippen LogP contribution in [-0.2, 0) is 23.1 Å². The van der Waals surface area contributed by atoms with Crippen LogP contribution >= 0.6 is 24.8 Å². The highest BCUT2D eigenvalue weighted by atomic mass is 35.5. The van der Waals surface area contributed by atoms with Gasteiger partial charge in [-0.25, -0.2) is 13.4 Å². The average molecular weight is 519 g/mol. The molecule has 2 N–H and O–H groups in total. The number of nitrogens with one attached hydrogen (secondary N) is 2. The van der Waals surface area contributed by atoms with E-state index in [-0.39, 0.29) is 30.9 Å². The highest BCUT2D eigenvalue weighted by Crippen LogP contribution is 2.32. The number of aromatic amines is 1. The Balaban J connectivity index is 0.00000162. The van der Waals surface area contributed by atoms with Crippen LogP contribution in [0.25, 0.3) is 10.8 Å². The van der Waals surface area contributed by atoms with Crippen LogP contribution in [0.1, 0.15) is 35.0 Å². The summed E-state index contributed by atoms with van der Waals surface area (Å²) >= 11 is 0. The minimum absolute atomic E-state index is 0. The molecule has 1 aliphatic heterocycles. The smallest absolute Gasteiger partial charge is 0.243 e. The molecule has 2 heterocycles. The van der Waals surface area contributed by atoms with Gasteiger partial charge in [0.2, 0.25) is 10.0 Å². The van der Waals surface area contributed by atoms with Crippen LogP contribution in [-0.4, -0.2) is 29.2 Å². The lowest BCUT2D eigenvalue weighted by Crippen LogP contribution is -2.31. The predicted octanol–water partition coefficient (Wildman–Crippen LogP) is 5.14. The fourth-order valence-corrected chi connectivity index (χ4v) is 6.15. The van der Waals surface area contributed by atoms with Gasteiger partial charge < -0.3 is 10.3 Å². The maximum Gasteiger partial charge on any atom is 0.243 e. The number of sulfonamides is 1. The van der Waals surface area contributed by atoms with E-state index in [0.717, 1.165) is 33.3 Å². The molecule has 1 aliphatic rings. The van der Waals surface area contributed by atoms with Crippen LogP contribution in [0.3, 0.4) is 0 Å². The third kappa shape index (κ3) is 5.14. The Morgan fingerprint density at radius 1 is 1.09 bits per heavy atom. The molecule has 0 spiro atoms. The molecular formula is C25H28Cl2N4O2S. The van der Waals surface area contributed by atoms with Gasteiger partial charge >= 0.3 is 0 Å². The molecule has 0 radical (unpaired) electrons. The summed E-state index contributed by atoms with van der Waals surface area (Å²) in [4.78, 5) is 7.78. The minimum Gasteiger partial charge on any atom is -0.348 e. The topological polar surface area (TPSA) is 78.1 Å². The van der Waals surface area contributed by atoms with Crippen molar-refractivity contribution in [3.8, 4) is 0 Å². The number of hydrogen-bond donors (Lipinski definition) is 2. The molecule has 0 amide bonds. The van der Waals surface area contributed by atoms with Crippen molar-refractivity contribution >= 4 is 45.6 Å². The summed E-state index contributed by atoms with van der Waals surface area (Å²) in [6.07, 6.45) is 4.22. The summed E-state index contributed by atoms with van der Waals surface area (Å²) in [5, 5.41) is 5.25. The number of nitrogens with zero attached hydrogens (tertiary/aromatic N) is 2. The molecule has 6 nitrogen and oxygen atoms in total. The van der Waals surface area contributed by atoms with E-state index in [2.05, 4.69) is 33.5 Å². The Morgan fingerprint density at radius 2 is 1.88 bits per heavy atom. The van der Waals surface area contributed by atoms with E-state index in [1.807, 2.05) is 43.3 Å². The van der Waals surface area contributed by atoms with Crippen molar-refractivity contribution in [2.24, 2.45) is 0 Å². The van der Waals surface area contributed by atoms with Crippen LogP contribution in [0.4, 0.5) is 0 Å². The summed E-state index contributed by atoms with van der Waals surface area (Å²) in [5.74, 6) is 0.864. The Morgan fingerprint density at radius 3 is 2.68 bits per heavy atom. The van der Waals surface area contributed by atoms with E-state index in [9.17, 15) is 8.42 Å². The van der Waals surface area contributed by atoms with Gasteiger partial charge in [0, 0.05) is 36.9 Å². The Bertz CT molecular complexity index is 1360. The molecule has 5 rings (SSSR count). The fourth-order valence-electron chi connectivity index (χ4n) is 4.50. The number of hydrogen-bond acceptors (Lipinski definition) is 4. The van der Waals surface area contributed by atoms with Crippen LogP contribution in [0.2, 0.25) is 0 Å². The standard InChI is InChI=1S/C25H26N4O2S.2ClH/c1-18-9-10-21-20(15-18)17-29(14-11-23(21)28-16-25-26-12-13-27-25)32(30,31)24-8-4-6-19-5-2-3-7-22(19)24;;/h2-10,12-13,15,23,28H,11,14,16-17H2,1H3,(H,26,27);2*1H. The molecule has 1 atom stereocenters. The van der Waals surface area contributed by atoms with Crippen molar-refractivity contribution in [1.82, 2.24) is 19.6 Å². The molecule has 0 aliphatic carbocycles. The van der Waals surface area contributed by atoms with Gasteiger partial charge in [0.05, 0.1) is 11.4 Å². The second-order valence-corrected chi connectivity index (χ2v) is 10.2. The lowest BCUT2D eigenvalue weighted by Gasteiger charge is -2.22. The van der Waals surface area contributed by atoms with E-state index in [1.54, 1.807) is 22.8 Å². The van der Waals surface area contributed by atoms with Gasteiger partial charge in [-0.15, -0.1) is 24.8 Å². The zero-order chi connectivity index (χ0) is 22.1. The molecule has 0 fully saturated rings. The van der Waals surface area contributed by atoms with Crippen LogP contribution < -0.4 is 5.32 Å². The van der Waals surface area contributed by atoms with Gasteiger partial charge in [-0.1, -0.05) is 60.2 Å². The molecule has 1 aromatic heterocycles. The number of aromatic nitrogens is 2. The van der Waals surface area contributed by atoms with E-state index < -0.39 is 10.0 Å². The zero-order valence-electron chi connectivity index (χ0n) is 18.8. The Hall–Kier alpha value is -2.42. The van der Waals surface area contributed by atoms with Crippen LogP contribution in [0.5, 0.6) is 0 Å². The van der Waals surface area contributed by atoms with E-state index >= 15 is 0 Å². The van der Waals surface area contributed by atoms with E-state index in [1.165, 1.54) is 0 Å². The van der Waals surface area contributed by atoms with Crippen molar-refractivity contribution in [2.45, 2.75) is 37.4 Å². The molecule has 4 aromatic rings. The predicted molar refractivity (Wildman–Crippen MR) is 140 cm³/mol. The average Bonchev–Trinajstić information content (AvgIpc) is 3.25. The number of aryl methyl sites for hydroxylation is 1. The summed E-state index contributed by atoms with van der Waals surface area (Å²) < 4.78 is 29.2. The van der Waals surface area contributed by atoms with Gasteiger partial charge in [-0.2, -0.15) is 4.31 Å². The number of rotatable bonds is 5. The molecule has 0 saturated carbocycles. The van der Waals surface area contributed by atoms with Gasteiger partial charge in [0.15, 0.2) is 0 Å². The SMILES string of the molecule is Cc1ccc2c(c1)CN(S(=O)(=O)c1cccc3ccccc13)CCC2NCc1ncc[nH]1.Cl.Cl. The second kappa shape index (κ2) is 10.9. The summed E-state index contributed by atoms with van der Waals surface area (Å²) in [6.45, 7) is 3.44. The summed E-state index contributed by atoms with van der Waals surface area (Å²) in [6, 6.07) is 19.5. The Labute approximate surface area is 212 Å². The molecule has 0 saturated heterocycles. The normalized spacial score (nSPS) is 16.2. The number of fused-ring (bicyclic) bond motifs is 2. The lowest BCUT2D eigenvalue weighted by molar-refractivity contribution is 0.386. The van der Waals surface area contributed by atoms with Crippen molar-refractivity contribution in [2.75, 3.05) is 6.54 Å². The number of imidazole rings is 1. The van der Waals surface area contributed by atoms with Crippen LogP contribution in [0, 0.1) is 6.92 Å². The van der Waals surface area contributed by atoms with Crippen molar-refractivity contribution in [3.05, 3.63) is 95.6 Å². The molecule has 9 heteroatoms. The first-order chi connectivity index (χ1) is 15.5. The maximum absolute atomic E-state index is 13.8. The van der Waals surface area contributed by atoms with Gasteiger partial charge in [-0.05, 0) is 35.9 Å². The lowest BCUT2D eigenvalue weighted by atomic mass is 9.97. The summed E-state index contributed by atoms with van der Waals surface area (Å²) in [7, 11) is -3.66. The van der Waals surface area contributed by atoms with Crippen molar-refractivity contribution < 1.29 is 8.42 Å². The van der Waals surface area contributed by atoms with E-state index in [0.29, 0.717) is 31.0 Å². The molecule has 1 unspecified atom stereocenters. The molecule has 3 aromatic carbocycles. The first kappa shape index (κ1) is 26.2. The maximum atomic E-state index is 13.8. The highest BCUT2D eigenvalue weighted by molar-refractivity contribution is 7.89.